The first-order chi connectivity index (χ1) is 30.0. The summed E-state index contributed by atoms with van der Waals surface area (Å²) < 4.78 is 2.66. The molecule has 0 atom stereocenters. The number of fused-ring (bicyclic) bond motifs is 7. The summed E-state index contributed by atoms with van der Waals surface area (Å²) in [5, 5.41) is 2.67. The van der Waals surface area contributed by atoms with Crippen LogP contribution in [0.3, 0.4) is 0 Å². The maximum Gasteiger partial charge on any atom is 0.0467 e. The van der Waals surface area contributed by atoms with Crippen LogP contribution in [0.4, 0.5) is 17.1 Å². The van der Waals surface area contributed by atoms with Crippen molar-refractivity contribution < 1.29 is 0 Å². The molecule has 3 aliphatic rings. The molecule has 0 N–H and O–H groups in total. The van der Waals surface area contributed by atoms with Gasteiger partial charge in [0.1, 0.15) is 0 Å². The van der Waals surface area contributed by atoms with Gasteiger partial charge in [0.2, 0.25) is 0 Å². The highest BCUT2D eigenvalue weighted by Crippen LogP contribution is 2.50. The SMILES string of the molecule is CC1(C)c2ccccc2C2CCCC(CCC2)c2cc(N(c3ccc(-c4ccccc4-c4cccc5sc6ccccc6c45)cc3)c3cccc(-c4ccccc4)c3)ccc21. The van der Waals surface area contributed by atoms with Crippen LogP contribution in [0.1, 0.15) is 86.5 Å². The van der Waals surface area contributed by atoms with Gasteiger partial charge in [-0.15, -0.1) is 11.3 Å². The smallest absolute Gasteiger partial charge is 0.0467 e. The Kier molecular flexibility index (Phi) is 9.70. The van der Waals surface area contributed by atoms with Crippen LogP contribution in [0.5, 0.6) is 0 Å². The summed E-state index contributed by atoms with van der Waals surface area (Å²) in [6.45, 7) is 4.95. The maximum absolute atomic E-state index is 2.58. The first-order valence-corrected chi connectivity index (χ1v) is 23.1. The van der Waals surface area contributed by atoms with E-state index in [1.54, 1.807) is 5.56 Å². The molecule has 8 aromatic carbocycles. The Bertz CT molecular complexity index is 3020. The van der Waals surface area contributed by atoms with E-state index in [0.717, 1.165) is 11.4 Å². The number of nitrogens with zero attached hydrogens (tertiary/aromatic N) is 1. The standard InChI is InChI=1S/C59H51NS/c1-59(2)54-29-10-8-25-49(54)41-18-12-20-42(21-13-19-41)53-39-47(36-37-55(53)59)60(46-23-14-22-44(38-46)40-16-4-3-5-17-40)45-34-32-43(33-35-45)48-24-6-7-26-50(48)51-28-15-31-57-58(51)52-27-9-11-30-56(52)61-57/h3-11,14-17,22-39,41-42H,12-13,18-21H2,1-2H3. The monoisotopic (exact) mass is 805 g/mol. The third-order valence-corrected chi connectivity index (χ3v) is 15.1. The largest absolute Gasteiger partial charge is 0.310 e. The molecule has 2 bridgehead atoms. The fourth-order valence-electron chi connectivity index (χ4n) is 11.0. The lowest BCUT2D eigenvalue weighted by atomic mass is 9.66. The molecular weight excluding hydrogens is 755 g/mol. The second-order valence-electron chi connectivity index (χ2n) is 17.9. The van der Waals surface area contributed by atoms with Crippen molar-refractivity contribution in [3.63, 3.8) is 0 Å². The fourth-order valence-corrected chi connectivity index (χ4v) is 12.1. The van der Waals surface area contributed by atoms with Gasteiger partial charge >= 0.3 is 0 Å². The van der Waals surface area contributed by atoms with E-state index in [9.17, 15) is 0 Å². The lowest BCUT2D eigenvalue weighted by molar-refractivity contribution is 0.405. The number of thiophene rings is 1. The molecule has 1 nitrogen and oxygen atoms in total. The van der Waals surface area contributed by atoms with Gasteiger partial charge in [0.15, 0.2) is 0 Å². The molecule has 12 rings (SSSR count). The topological polar surface area (TPSA) is 3.24 Å². The molecule has 2 heteroatoms. The molecule has 0 radical (unpaired) electrons. The summed E-state index contributed by atoms with van der Waals surface area (Å²) in [6.07, 6.45) is 7.61. The lowest BCUT2D eigenvalue weighted by Crippen LogP contribution is -2.27. The van der Waals surface area contributed by atoms with E-state index in [1.807, 2.05) is 11.3 Å². The van der Waals surface area contributed by atoms with Gasteiger partial charge in [0.25, 0.3) is 0 Å². The Morgan fingerprint density at radius 2 is 1.02 bits per heavy atom. The van der Waals surface area contributed by atoms with E-state index in [0.29, 0.717) is 11.8 Å². The van der Waals surface area contributed by atoms with Gasteiger partial charge in [-0.2, -0.15) is 0 Å². The number of benzene rings is 8. The van der Waals surface area contributed by atoms with Crippen molar-refractivity contribution >= 4 is 48.6 Å². The van der Waals surface area contributed by atoms with Gasteiger partial charge in [-0.25, -0.2) is 0 Å². The summed E-state index contributed by atoms with van der Waals surface area (Å²) in [6, 6.07) is 70.6. The molecule has 0 spiro atoms. The van der Waals surface area contributed by atoms with Gasteiger partial charge in [0, 0.05) is 42.6 Å². The van der Waals surface area contributed by atoms with E-state index >= 15 is 0 Å². The van der Waals surface area contributed by atoms with Crippen LogP contribution in [0.25, 0.3) is 53.6 Å². The Hall–Kier alpha value is -6.22. The average Bonchev–Trinajstić information content (AvgIpc) is 3.69. The van der Waals surface area contributed by atoms with Crippen LogP contribution < -0.4 is 4.90 Å². The first-order valence-electron chi connectivity index (χ1n) is 22.3. The second kappa shape index (κ2) is 15.7. The minimum Gasteiger partial charge on any atom is -0.310 e. The van der Waals surface area contributed by atoms with E-state index < -0.39 is 0 Å². The van der Waals surface area contributed by atoms with Crippen molar-refractivity contribution in [2.75, 3.05) is 4.90 Å². The third kappa shape index (κ3) is 6.78. The quantitative estimate of drug-likeness (QED) is 0.162. The molecule has 298 valence electrons. The lowest BCUT2D eigenvalue weighted by Gasteiger charge is -2.38. The van der Waals surface area contributed by atoms with Gasteiger partial charge in [0.05, 0.1) is 0 Å². The predicted molar refractivity (Wildman–Crippen MR) is 262 cm³/mol. The second-order valence-corrected chi connectivity index (χ2v) is 18.9. The molecular formula is C59H51NS. The molecule has 9 aromatic rings. The summed E-state index contributed by atoms with van der Waals surface area (Å²) >= 11 is 1.88. The predicted octanol–water partition coefficient (Wildman–Crippen LogP) is 17.4. The van der Waals surface area contributed by atoms with E-state index in [1.165, 1.54) is 114 Å². The van der Waals surface area contributed by atoms with Gasteiger partial charge in [-0.05, 0) is 142 Å². The normalized spacial score (nSPS) is 17.1. The van der Waals surface area contributed by atoms with Crippen molar-refractivity contribution in [2.45, 2.75) is 69.6 Å². The maximum atomic E-state index is 2.58. The number of hydrogen-bond acceptors (Lipinski definition) is 2. The van der Waals surface area contributed by atoms with Crippen molar-refractivity contribution in [3.05, 3.63) is 210 Å². The molecule has 0 amide bonds. The molecule has 1 saturated carbocycles. The highest BCUT2D eigenvalue weighted by Gasteiger charge is 2.35. The number of hydrogen-bond donors (Lipinski definition) is 0. The van der Waals surface area contributed by atoms with Crippen molar-refractivity contribution in [1.82, 2.24) is 0 Å². The number of rotatable bonds is 6. The molecule has 0 aliphatic heterocycles. The molecule has 61 heavy (non-hydrogen) atoms. The first kappa shape index (κ1) is 37.8. The van der Waals surface area contributed by atoms with Crippen LogP contribution in [-0.4, -0.2) is 0 Å². The summed E-state index contributed by atoms with van der Waals surface area (Å²) in [4.78, 5) is 2.50. The minimum atomic E-state index is -0.109. The zero-order valence-electron chi connectivity index (χ0n) is 35.2. The molecule has 0 saturated heterocycles. The summed E-state index contributed by atoms with van der Waals surface area (Å²) in [5.41, 5.74) is 17.0. The van der Waals surface area contributed by atoms with Gasteiger partial charge in [-0.1, -0.05) is 166 Å². The zero-order valence-corrected chi connectivity index (χ0v) is 36.0. The van der Waals surface area contributed by atoms with Crippen LogP contribution in [0, 0.1) is 0 Å². The van der Waals surface area contributed by atoms with Crippen LogP contribution in [-0.2, 0) is 5.41 Å². The fraction of sp³-hybridized carbons (Fsp3) is 0.186. The molecule has 3 aliphatic carbocycles. The van der Waals surface area contributed by atoms with E-state index in [-0.39, 0.29) is 5.41 Å². The van der Waals surface area contributed by atoms with Gasteiger partial charge < -0.3 is 4.90 Å². The Balaban J connectivity index is 1.06. The van der Waals surface area contributed by atoms with Crippen LogP contribution in [0.15, 0.2) is 188 Å². The van der Waals surface area contributed by atoms with E-state index in [4.69, 9.17) is 0 Å². The minimum absolute atomic E-state index is 0.109. The highest BCUT2D eigenvalue weighted by molar-refractivity contribution is 7.25. The molecule has 0 unspecified atom stereocenters. The van der Waals surface area contributed by atoms with Gasteiger partial charge in [-0.3, -0.25) is 0 Å². The van der Waals surface area contributed by atoms with Crippen molar-refractivity contribution in [3.8, 4) is 33.4 Å². The Morgan fingerprint density at radius 3 is 1.84 bits per heavy atom. The summed E-state index contributed by atoms with van der Waals surface area (Å²) in [5.74, 6) is 1.20. The highest BCUT2D eigenvalue weighted by atomic mass is 32.1. The summed E-state index contributed by atoms with van der Waals surface area (Å²) in [7, 11) is 0. The Morgan fingerprint density at radius 1 is 0.426 bits per heavy atom. The van der Waals surface area contributed by atoms with Crippen LogP contribution >= 0.6 is 11.3 Å². The molecule has 1 heterocycles. The zero-order chi connectivity index (χ0) is 40.9. The molecule has 1 aromatic heterocycles. The van der Waals surface area contributed by atoms with E-state index in [2.05, 4.69) is 207 Å². The average molecular weight is 806 g/mol. The Labute approximate surface area is 365 Å². The molecule has 1 fully saturated rings. The van der Waals surface area contributed by atoms with Crippen molar-refractivity contribution in [1.29, 1.82) is 0 Å². The number of anilines is 3. The van der Waals surface area contributed by atoms with Crippen LogP contribution in [0.2, 0.25) is 0 Å². The van der Waals surface area contributed by atoms with Crippen molar-refractivity contribution in [2.24, 2.45) is 0 Å². The third-order valence-electron chi connectivity index (χ3n) is 14.0.